The van der Waals surface area contributed by atoms with Gasteiger partial charge < -0.3 is 9.26 Å². The average molecular weight is 126 g/mol. The summed E-state index contributed by atoms with van der Waals surface area (Å²) < 4.78 is 8.70. The minimum absolute atomic E-state index is 0.125. The molecule has 0 aliphatic carbocycles. The van der Waals surface area contributed by atoms with Crippen molar-refractivity contribution in [1.82, 2.24) is 5.16 Å². The van der Waals surface area contributed by atoms with Gasteiger partial charge in [-0.25, -0.2) is 4.79 Å². The summed E-state index contributed by atoms with van der Waals surface area (Å²) in [4.78, 5) is 9.49. The molecule has 1 rings (SSSR count). The summed E-state index contributed by atoms with van der Waals surface area (Å²) in [5.41, 5.74) is 0.582. The largest absolute Gasteiger partial charge is 0.451 e. The Labute approximate surface area is 51.4 Å². The van der Waals surface area contributed by atoms with Crippen molar-refractivity contribution in [3.8, 4) is 0 Å². The fourth-order valence-corrected chi connectivity index (χ4v) is 0.415. The molecule has 0 fully saturated rings. The van der Waals surface area contributed by atoms with Crippen molar-refractivity contribution in [1.29, 1.82) is 0 Å². The van der Waals surface area contributed by atoms with Crippen molar-refractivity contribution in [3.05, 3.63) is 18.0 Å². The van der Waals surface area contributed by atoms with Gasteiger partial charge in [-0.05, 0) is 0 Å². The molecule has 0 spiro atoms. The molecular weight excluding hydrogens is 122 g/mol. The number of rotatable bonds is 3. The van der Waals surface area contributed by atoms with Crippen molar-refractivity contribution >= 4 is 6.47 Å². The molecule has 47 valence electrons. The monoisotopic (exact) mass is 126 g/mol. The smallest absolute Gasteiger partial charge is 0.417 e. The van der Waals surface area contributed by atoms with Gasteiger partial charge in [0, 0.05) is 6.07 Å². The summed E-state index contributed by atoms with van der Waals surface area (Å²) >= 11 is 0. The normalized spacial score (nSPS) is 8.89. The van der Waals surface area contributed by atoms with Crippen LogP contribution in [0, 0.1) is 0 Å². The van der Waals surface area contributed by atoms with Gasteiger partial charge in [0.1, 0.15) is 18.6 Å². The zero-order valence-corrected chi connectivity index (χ0v) is 4.53. The second kappa shape index (κ2) is 2.86. The molecule has 0 aliphatic heterocycles. The molecule has 0 bridgehead atoms. The Hall–Kier alpha value is -1.32. The van der Waals surface area contributed by atoms with E-state index in [4.69, 9.17) is 0 Å². The molecule has 0 atom stereocenters. The molecule has 0 saturated heterocycles. The summed E-state index contributed by atoms with van der Waals surface area (Å²) in [5, 5.41) is 3.47. The highest BCUT2D eigenvalue weighted by Gasteiger charge is 1.93. The van der Waals surface area contributed by atoms with E-state index in [1.54, 1.807) is 6.07 Å². The minimum Gasteiger partial charge on any atom is -0.451 e. The number of nitrogens with zero attached hydrogens (tertiary/aromatic N) is 1. The summed E-state index contributed by atoms with van der Waals surface area (Å²) in [6, 6.07) is 1.61. The highest BCUT2D eigenvalue weighted by Crippen LogP contribution is 1.94. The molecular formula is C5H4NO3. The van der Waals surface area contributed by atoms with Gasteiger partial charge >= 0.3 is 6.47 Å². The molecule has 1 heterocycles. The van der Waals surface area contributed by atoms with Gasteiger partial charge in [-0.15, -0.1) is 0 Å². The number of ether oxygens (including phenoxy) is 1. The molecule has 0 amide bonds. The first-order valence-electron chi connectivity index (χ1n) is 2.31. The Morgan fingerprint density at radius 2 is 2.78 bits per heavy atom. The van der Waals surface area contributed by atoms with Crippen LogP contribution in [0.1, 0.15) is 5.69 Å². The summed E-state index contributed by atoms with van der Waals surface area (Å²) in [6.45, 7) is 1.40. The number of hydrogen-bond donors (Lipinski definition) is 0. The van der Waals surface area contributed by atoms with E-state index in [1.807, 2.05) is 0 Å². The quantitative estimate of drug-likeness (QED) is 0.582. The fraction of sp³-hybridized carbons (Fsp3) is 0.200. The summed E-state index contributed by atoms with van der Waals surface area (Å²) in [6.07, 6.45) is 1.41. The molecule has 1 aromatic rings. The first-order valence-corrected chi connectivity index (χ1v) is 2.31. The van der Waals surface area contributed by atoms with E-state index in [1.165, 1.54) is 12.7 Å². The van der Waals surface area contributed by atoms with Gasteiger partial charge in [0.15, 0.2) is 0 Å². The summed E-state index contributed by atoms with van der Waals surface area (Å²) in [5.74, 6) is 0. The van der Waals surface area contributed by atoms with Gasteiger partial charge in [0.25, 0.3) is 0 Å². The zero-order chi connectivity index (χ0) is 6.53. The van der Waals surface area contributed by atoms with E-state index in [0.717, 1.165) is 0 Å². The predicted octanol–water partition coefficient (Wildman–Crippen LogP) is 0.258. The Balaban J connectivity index is 2.38. The molecule has 0 unspecified atom stereocenters. The highest BCUT2D eigenvalue weighted by molar-refractivity contribution is 5.38. The predicted molar refractivity (Wildman–Crippen MR) is 27.0 cm³/mol. The molecule has 0 aromatic carbocycles. The van der Waals surface area contributed by atoms with E-state index in [0.29, 0.717) is 5.69 Å². The lowest BCUT2D eigenvalue weighted by Gasteiger charge is -1.86. The van der Waals surface area contributed by atoms with Crippen LogP contribution in [-0.2, 0) is 16.1 Å². The van der Waals surface area contributed by atoms with Crippen LogP contribution in [0.5, 0.6) is 0 Å². The Kier molecular flexibility index (Phi) is 1.85. The Morgan fingerprint density at radius 1 is 1.89 bits per heavy atom. The second-order valence-corrected chi connectivity index (χ2v) is 1.36. The number of carbonyl (C=O) groups excluding carboxylic acids is 1. The minimum atomic E-state index is 0.125. The zero-order valence-electron chi connectivity index (χ0n) is 4.53. The number of aromatic nitrogens is 1. The highest BCUT2D eigenvalue weighted by atomic mass is 16.5. The first kappa shape index (κ1) is 5.81. The average Bonchev–Trinajstić information content (AvgIpc) is 2.34. The molecule has 1 aromatic heterocycles. The van der Waals surface area contributed by atoms with E-state index in [9.17, 15) is 4.79 Å². The van der Waals surface area contributed by atoms with Crippen molar-refractivity contribution in [2.75, 3.05) is 0 Å². The van der Waals surface area contributed by atoms with E-state index < -0.39 is 0 Å². The van der Waals surface area contributed by atoms with Crippen LogP contribution in [0.2, 0.25) is 0 Å². The lowest BCUT2D eigenvalue weighted by molar-refractivity contribution is 0.255. The van der Waals surface area contributed by atoms with Crippen LogP contribution in [-0.4, -0.2) is 11.6 Å². The van der Waals surface area contributed by atoms with Crippen LogP contribution in [0.25, 0.3) is 0 Å². The Morgan fingerprint density at radius 3 is 3.33 bits per heavy atom. The molecule has 9 heavy (non-hydrogen) atoms. The molecule has 0 N–H and O–H groups in total. The lowest BCUT2D eigenvalue weighted by atomic mass is 10.5. The van der Waals surface area contributed by atoms with Crippen LogP contribution in [0.15, 0.2) is 16.9 Å². The molecule has 4 nitrogen and oxygen atoms in total. The van der Waals surface area contributed by atoms with Crippen molar-refractivity contribution in [2.24, 2.45) is 0 Å². The van der Waals surface area contributed by atoms with E-state index in [-0.39, 0.29) is 6.61 Å². The number of hydrogen-bond acceptors (Lipinski definition) is 4. The van der Waals surface area contributed by atoms with E-state index in [2.05, 4.69) is 14.4 Å². The molecule has 4 heteroatoms. The third-order valence-electron chi connectivity index (χ3n) is 0.770. The standard InChI is InChI=1S/C5H4NO3/c7-4-8-3-5-1-2-9-6-5/h1-2H,3H2. The third-order valence-corrected chi connectivity index (χ3v) is 0.770. The molecule has 1 radical (unpaired) electrons. The van der Waals surface area contributed by atoms with Gasteiger partial charge in [0.2, 0.25) is 0 Å². The van der Waals surface area contributed by atoms with E-state index >= 15 is 0 Å². The van der Waals surface area contributed by atoms with Gasteiger partial charge in [-0.2, -0.15) is 0 Å². The maximum absolute atomic E-state index is 9.49. The fourth-order valence-electron chi connectivity index (χ4n) is 0.415. The van der Waals surface area contributed by atoms with Crippen molar-refractivity contribution in [3.63, 3.8) is 0 Å². The maximum Gasteiger partial charge on any atom is 0.417 e. The van der Waals surface area contributed by atoms with Crippen LogP contribution in [0.4, 0.5) is 0 Å². The van der Waals surface area contributed by atoms with Crippen LogP contribution in [0.3, 0.4) is 0 Å². The van der Waals surface area contributed by atoms with Gasteiger partial charge in [-0.3, -0.25) is 0 Å². The first-order chi connectivity index (χ1) is 4.43. The van der Waals surface area contributed by atoms with Gasteiger partial charge in [0.05, 0.1) is 0 Å². The summed E-state index contributed by atoms with van der Waals surface area (Å²) in [7, 11) is 0. The topological polar surface area (TPSA) is 52.3 Å². The third kappa shape index (κ3) is 1.56. The maximum atomic E-state index is 9.49. The second-order valence-electron chi connectivity index (χ2n) is 1.36. The van der Waals surface area contributed by atoms with Crippen molar-refractivity contribution < 1.29 is 14.1 Å². The lowest BCUT2D eigenvalue weighted by Crippen LogP contribution is -1.88. The van der Waals surface area contributed by atoms with Crippen LogP contribution < -0.4 is 0 Å². The SMILES string of the molecule is O=[C]OCc1ccon1. The van der Waals surface area contributed by atoms with Gasteiger partial charge in [-0.1, -0.05) is 5.16 Å². The van der Waals surface area contributed by atoms with Crippen molar-refractivity contribution in [2.45, 2.75) is 6.61 Å². The molecule has 0 aliphatic rings. The molecule has 0 saturated carbocycles. The Bertz CT molecular complexity index is 170. The van der Waals surface area contributed by atoms with Crippen LogP contribution >= 0.6 is 0 Å².